The van der Waals surface area contributed by atoms with Crippen LogP contribution in [0.3, 0.4) is 0 Å². The Morgan fingerprint density at radius 2 is 2.00 bits per heavy atom. The van der Waals surface area contributed by atoms with Gasteiger partial charge in [-0.25, -0.2) is 8.78 Å². The predicted molar refractivity (Wildman–Crippen MR) is 50.6 cm³/mol. The second-order valence-electron chi connectivity index (χ2n) is 2.81. The fourth-order valence-corrected chi connectivity index (χ4v) is 1.18. The first-order chi connectivity index (χ1) is 6.92. The van der Waals surface area contributed by atoms with Crippen molar-refractivity contribution in [1.29, 1.82) is 0 Å². The number of hydrogen-bond acceptors (Lipinski definition) is 1. The zero-order chi connectivity index (χ0) is 11.5. The van der Waals surface area contributed by atoms with E-state index in [0.717, 1.165) is 0 Å². The molecule has 15 heavy (non-hydrogen) atoms. The van der Waals surface area contributed by atoms with E-state index in [9.17, 15) is 17.6 Å². The molecule has 1 nitrogen and oxygen atoms in total. The summed E-state index contributed by atoms with van der Waals surface area (Å²) in [7, 11) is 0. The van der Waals surface area contributed by atoms with Crippen molar-refractivity contribution in [3.63, 3.8) is 0 Å². The summed E-state index contributed by atoms with van der Waals surface area (Å²) in [6, 6.07) is 6.05. The number of benzene rings is 1. The van der Waals surface area contributed by atoms with Gasteiger partial charge in [0, 0.05) is 4.47 Å². The van der Waals surface area contributed by atoms with Gasteiger partial charge in [0.15, 0.2) is 6.61 Å². The number of ether oxygens (including phenoxy) is 1. The van der Waals surface area contributed by atoms with Crippen molar-refractivity contribution in [3.8, 4) is 5.75 Å². The van der Waals surface area contributed by atoms with Crippen molar-refractivity contribution in [2.45, 2.75) is 12.3 Å². The summed E-state index contributed by atoms with van der Waals surface area (Å²) >= 11 is 3.10. The third kappa shape index (κ3) is 3.70. The molecule has 0 aliphatic heterocycles. The van der Waals surface area contributed by atoms with Gasteiger partial charge in [0.25, 0.3) is 0 Å². The molecule has 0 heterocycles. The van der Waals surface area contributed by atoms with Gasteiger partial charge in [-0.1, -0.05) is 22.0 Å². The molecule has 1 aromatic rings. The normalized spacial score (nSPS) is 11.9. The first-order valence-electron chi connectivity index (χ1n) is 3.96. The van der Waals surface area contributed by atoms with Gasteiger partial charge in [0.2, 0.25) is 0 Å². The molecule has 0 unspecified atom stereocenters. The molecule has 84 valence electrons. The fraction of sp³-hybridized carbons (Fsp3) is 0.333. The van der Waals surface area contributed by atoms with E-state index in [-0.39, 0.29) is 5.75 Å². The third-order valence-corrected chi connectivity index (χ3v) is 2.04. The molecule has 1 rings (SSSR count). The highest BCUT2D eigenvalue weighted by atomic mass is 79.9. The SMILES string of the molecule is FC(F)C(F)(F)COc1cccc(Br)c1. The van der Waals surface area contributed by atoms with Gasteiger partial charge >= 0.3 is 12.3 Å². The van der Waals surface area contributed by atoms with Crippen LogP contribution < -0.4 is 4.74 Å². The van der Waals surface area contributed by atoms with Crippen LogP contribution in [-0.2, 0) is 0 Å². The van der Waals surface area contributed by atoms with E-state index in [1.165, 1.54) is 12.1 Å². The van der Waals surface area contributed by atoms with Crippen molar-refractivity contribution >= 4 is 15.9 Å². The van der Waals surface area contributed by atoms with Crippen molar-refractivity contribution in [2.75, 3.05) is 6.61 Å². The molecule has 6 heteroatoms. The molecule has 0 fully saturated rings. The lowest BCUT2D eigenvalue weighted by Gasteiger charge is -2.15. The lowest BCUT2D eigenvalue weighted by atomic mass is 10.3. The average Bonchev–Trinajstić information content (AvgIpc) is 2.15. The molecule has 0 atom stereocenters. The minimum absolute atomic E-state index is 0.115. The van der Waals surface area contributed by atoms with E-state index < -0.39 is 19.0 Å². The Bertz CT molecular complexity index is 330. The summed E-state index contributed by atoms with van der Waals surface area (Å²) in [6.45, 7) is -1.33. The van der Waals surface area contributed by atoms with Crippen molar-refractivity contribution < 1.29 is 22.3 Å². The quantitative estimate of drug-likeness (QED) is 0.767. The Balaban J connectivity index is 2.57. The number of halogens is 5. The lowest BCUT2D eigenvalue weighted by molar-refractivity contribution is -0.148. The summed E-state index contributed by atoms with van der Waals surface area (Å²) in [5.74, 6) is -4.01. The van der Waals surface area contributed by atoms with Crippen LogP contribution in [0.25, 0.3) is 0 Å². The van der Waals surface area contributed by atoms with Gasteiger partial charge in [-0.15, -0.1) is 0 Å². The van der Waals surface area contributed by atoms with E-state index in [2.05, 4.69) is 20.7 Å². The molecule has 0 spiro atoms. The highest BCUT2D eigenvalue weighted by Crippen LogP contribution is 2.25. The highest BCUT2D eigenvalue weighted by Gasteiger charge is 2.41. The molecule has 0 aromatic heterocycles. The predicted octanol–water partition coefficient (Wildman–Crippen LogP) is 3.73. The second-order valence-corrected chi connectivity index (χ2v) is 3.72. The molecule has 0 bridgehead atoms. The number of rotatable bonds is 4. The Morgan fingerprint density at radius 1 is 1.33 bits per heavy atom. The third-order valence-electron chi connectivity index (χ3n) is 1.55. The molecular weight excluding hydrogens is 280 g/mol. The van der Waals surface area contributed by atoms with Gasteiger partial charge in [-0.2, -0.15) is 8.78 Å². The van der Waals surface area contributed by atoms with Crippen LogP contribution in [0.1, 0.15) is 0 Å². The van der Waals surface area contributed by atoms with Crippen molar-refractivity contribution in [1.82, 2.24) is 0 Å². The molecule has 0 N–H and O–H groups in total. The number of alkyl halides is 4. The maximum Gasteiger partial charge on any atom is 0.340 e. The molecular formula is C9H7BrF4O. The maximum atomic E-state index is 12.4. The summed E-state index contributed by atoms with van der Waals surface area (Å²) < 4.78 is 53.6. The second kappa shape index (κ2) is 4.83. The molecule has 0 saturated carbocycles. The maximum absolute atomic E-state index is 12.4. The topological polar surface area (TPSA) is 9.23 Å². The highest BCUT2D eigenvalue weighted by molar-refractivity contribution is 9.10. The zero-order valence-electron chi connectivity index (χ0n) is 7.39. The molecule has 0 saturated heterocycles. The van der Waals surface area contributed by atoms with Crippen LogP contribution in [0.5, 0.6) is 5.75 Å². The van der Waals surface area contributed by atoms with Gasteiger partial charge in [-0.3, -0.25) is 0 Å². The average molecular weight is 287 g/mol. The number of hydrogen-bond donors (Lipinski definition) is 0. The Hall–Kier alpha value is -0.780. The van der Waals surface area contributed by atoms with Crippen LogP contribution in [-0.4, -0.2) is 19.0 Å². The van der Waals surface area contributed by atoms with Crippen LogP contribution >= 0.6 is 15.9 Å². The molecule has 0 aliphatic carbocycles. The van der Waals surface area contributed by atoms with E-state index in [0.29, 0.717) is 4.47 Å². The summed E-state index contributed by atoms with van der Waals surface area (Å²) in [4.78, 5) is 0. The van der Waals surface area contributed by atoms with Gasteiger partial charge in [0.1, 0.15) is 5.75 Å². The summed E-state index contributed by atoms with van der Waals surface area (Å²) in [5, 5.41) is 0. The van der Waals surface area contributed by atoms with Gasteiger partial charge in [-0.05, 0) is 18.2 Å². The Kier molecular flexibility index (Phi) is 3.96. The van der Waals surface area contributed by atoms with Crippen molar-refractivity contribution in [3.05, 3.63) is 28.7 Å². The molecule has 0 radical (unpaired) electrons. The minimum Gasteiger partial charge on any atom is -0.487 e. The molecule has 1 aromatic carbocycles. The van der Waals surface area contributed by atoms with Gasteiger partial charge < -0.3 is 4.74 Å². The Labute approximate surface area is 92.2 Å². The fourth-order valence-electron chi connectivity index (χ4n) is 0.799. The largest absolute Gasteiger partial charge is 0.487 e. The van der Waals surface area contributed by atoms with Crippen molar-refractivity contribution in [2.24, 2.45) is 0 Å². The summed E-state index contributed by atoms with van der Waals surface area (Å²) in [6.07, 6.45) is -3.72. The molecule has 0 amide bonds. The van der Waals surface area contributed by atoms with Crippen LogP contribution in [0.2, 0.25) is 0 Å². The smallest absolute Gasteiger partial charge is 0.340 e. The van der Waals surface area contributed by atoms with Crippen LogP contribution in [0.15, 0.2) is 28.7 Å². The van der Waals surface area contributed by atoms with Crippen LogP contribution in [0.4, 0.5) is 17.6 Å². The first kappa shape index (κ1) is 12.3. The van der Waals surface area contributed by atoms with E-state index >= 15 is 0 Å². The minimum atomic E-state index is -4.12. The standard InChI is InChI=1S/C9H7BrF4O/c10-6-2-1-3-7(4-6)15-5-9(13,14)8(11)12/h1-4,8H,5H2. The first-order valence-corrected chi connectivity index (χ1v) is 4.75. The van der Waals surface area contributed by atoms with Gasteiger partial charge in [0.05, 0.1) is 0 Å². The van der Waals surface area contributed by atoms with E-state index in [1.807, 2.05) is 0 Å². The molecule has 0 aliphatic rings. The zero-order valence-corrected chi connectivity index (χ0v) is 8.98. The van der Waals surface area contributed by atoms with Crippen LogP contribution in [0, 0.1) is 0 Å². The lowest BCUT2D eigenvalue weighted by Crippen LogP contribution is -2.33. The summed E-state index contributed by atoms with van der Waals surface area (Å²) in [5.41, 5.74) is 0. The van der Waals surface area contributed by atoms with E-state index in [4.69, 9.17) is 0 Å². The van der Waals surface area contributed by atoms with E-state index in [1.54, 1.807) is 12.1 Å². The Morgan fingerprint density at radius 3 is 2.53 bits per heavy atom. The monoisotopic (exact) mass is 286 g/mol.